The Labute approximate surface area is 180 Å². The predicted octanol–water partition coefficient (Wildman–Crippen LogP) is 6.00. The molecule has 0 aliphatic heterocycles. The van der Waals surface area contributed by atoms with Crippen LogP contribution in [0.25, 0.3) is 22.2 Å². The number of nitrogens with one attached hydrogen (secondary N) is 1. The lowest BCUT2D eigenvalue weighted by atomic mass is 10.1. The minimum Gasteiger partial charge on any atom is -0.421 e. The number of amides is 1. The van der Waals surface area contributed by atoms with Crippen molar-refractivity contribution < 1.29 is 9.21 Å². The highest BCUT2D eigenvalue weighted by atomic mass is 79.9. The van der Waals surface area contributed by atoms with Gasteiger partial charge in [-0.25, -0.2) is 9.78 Å². The van der Waals surface area contributed by atoms with Crippen LogP contribution in [0.4, 0.5) is 5.69 Å². The van der Waals surface area contributed by atoms with Gasteiger partial charge in [-0.1, -0.05) is 34.1 Å². The molecule has 28 heavy (non-hydrogen) atoms. The third kappa shape index (κ3) is 3.67. The van der Waals surface area contributed by atoms with E-state index in [9.17, 15) is 9.59 Å². The van der Waals surface area contributed by atoms with E-state index in [0.717, 1.165) is 20.7 Å². The zero-order valence-corrected chi connectivity index (χ0v) is 18.4. The average Bonchev–Trinajstić information content (AvgIpc) is 3.08. The van der Waals surface area contributed by atoms with E-state index in [-0.39, 0.29) is 5.56 Å². The van der Waals surface area contributed by atoms with Crippen molar-refractivity contribution in [2.24, 2.45) is 0 Å². The van der Waals surface area contributed by atoms with Crippen LogP contribution in [0.1, 0.15) is 15.4 Å². The first kappa shape index (κ1) is 19.0. The summed E-state index contributed by atoms with van der Waals surface area (Å²) in [6.07, 6.45) is 0. The largest absolute Gasteiger partial charge is 0.421 e. The Morgan fingerprint density at radius 2 is 1.96 bits per heavy atom. The van der Waals surface area contributed by atoms with Gasteiger partial charge in [0.25, 0.3) is 5.91 Å². The van der Waals surface area contributed by atoms with Gasteiger partial charge in [-0.15, -0.1) is 11.3 Å². The topological polar surface area (TPSA) is 72.2 Å². The van der Waals surface area contributed by atoms with Gasteiger partial charge in [0.15, 0.2) is 5.58 Å². The number of para-hydroxylation sites is 1. The molecule has 5 nitrogen and oxygen atoms in total. The van der Waals surface area contributed by atoms with Gasteiger partial charge in [-0.3, -0.25) is 4.79 Å². The number of hydrogen-bond donors (Lipinski definition) is 1. The van der Waals surface area contributed by atoms with Crippen molar-refractivity contribution >= 4 is 65.8 Å². The van der Waals surface area contributed by atoms with Crippen LogP contribution in [0.5, 0.6) is 0 Å². The molecular formula is C20H12Br2N2O3S. The molecule has 0 spiro atoms. The van der Waals surface area contributed by atoms with Gasteiger partial charge in [0.1, 0.15) is 5.56 Å². The summed E-state index contributed by atoms with van der Waals surface area (Å²) in [5, 5.41) is 6.31. The maximum atomic E-state index is 12.8. The molecular weight excluding hydrogens is 508 g/mol. The number of rotatable bonds is 3. The Morgan fingerprint density at radius 1 is 1.18 bits per heavy atom. The molecule has 2 aromatic carbocycles. The van der Waals surface area contributed by atoms with Crippen LogP contribution < -0.4 is 10.9 Å². The van der Waals surface area contributed by atoms with Crippen LogP contribution >= 0.6 is 43.2 Å². The van der Waals surface area contributed by atoms with Crippen molar-refractivity contribution in [2.75, 3.05) is 5.32 Å². The van der Waals surface area contributed by atoms with Crippen molar-refractivity contribution in [3.8, 4) is 11.3 Å². The van der Waals surface area contributed by atoms with Crippen LogP contribution in [0.2, 0.25) is 0 Å². The number of halogens is 2. The van der Waals surface area contributed by atoms with Crippen molar-refractivity contribution in [2.45, 2.75) is 6.92 Å². The number of hydrogen-bond acceptors (Lipinski definition) is 5. The van der Waals surface area contributed by atoms with E-state index in [2.05, 4.69) is 42.2 Å². The molecule has 0 saturated heterocycles. The number of carbonyl (C=O) groups excluding carboxylic acids is 1. The zero-order chi connectivity index (χ0) is 19.8. The van der Waals surface area contributed by atoms with Crippen LogP contribution in [0.3, 0.4) is 0 Å². The highest BCUT2D eigenvalue weighted by Gasteiger charge is 2.17. The Kier molecular flexibility index (Phi) is 5.18. The van der Waals surface area contributed by atoms with E-state index in [0.29, 0.717) is 21.1 Å². The summed E-state index contributed by atoms with van der Waals surface area (Å²) in [6.45, 7) is 1.92. The molecule has 4 aromatic rings. The maximum Gasteiger partial charge on any atom is 0.349 e. The van der Waals surface area contributed by atoms with Gasteiger partial charge in [0.05, 0.1) is 20.9 Å². The minimum atomic E-state index is -0.699. The second-order valence-electron chi connectivity index (χ2n) is 6.00. The Balaban J connectivity index is 1.74. The monoisotopic (exact) mass is 518 g/mol. The first-order chi connectivity index (χ1) is 13.4. The lowest BCUT2D eigenvalue weighted by molar-refractivity contribution is 0.102. The van der Waals surface area contributed by atoms with Crippen LogP contribution in [0, 0.1) is 6.92 Å². The third-order valence-corrected chi connectivity index (χ3v) is 5.89. The van der Waals surface area contributed by atoms with Gasteiger partial charge >= 0.3 is 5.63 Å². The SMILES string of the molecule is Cc1nc(-c2ccccc2NC(=O)c2cc3cc(Br)cc(Br)c3oc2=O)cs1. The van der Waals surface area contributed by atoms with E-state index in [4.69, 9.17) is 4.42 Å². The molecule has 0 atom stereocenters. The van der Waals surface area contributed by atoms with Gasteiger partial charge < -0.3 is 9.73 Å². The number of aromatic nitrogens is 1. The van der Waals surface area contributed by atoms with E-state index in [1.165, 1.54) is 17.4 Å². The Bertz CT molecular complexity index is 1280. The summed E-state index contributed by atoms with van der Waals surface area (Å²) in [7, 11) is 0. The van der Waals surface area contributed by atoms with Gasteiger partial charge in [-0.05, 0) is 47.1 Å². The fraction of sp³-hybridized carbons (Fsp3) is 0.0500. The predicted molar refractivity (Wildman–Crippen MR) is 118 cm³/mol. The summed E-state index contributed by atoms with van der Waals surface area (Å²) in [6, 6.07) is 12.4. The third-order valence-electron chi connectivity index (χ3n) is 4.07. The summed E-state index contributed by atoms with van der Waals surface area (Å²) >= 11 is 8.30. The lowest BCUT2D eigenvalue weighted by Crippen LogP contribution is -2.21. The van der Waals surface area contributed by atoms with Crippen LogP contribution in [-0.4, -0.2) is 10.9 Å². The fourth-order valence-corrected chi connectivity index (χ4v) is 4.76. The van der Waals surface area contributed by atoms with Gasteiger partial charge in [0, 0.05) is 20.8 Å². The molecule has 0 aliphatic rings. The maximum absolute atomic E-state index is 12.8. The van der Waals surface area contributed by atoms with Gasteiger partial charge in [0.2, 0.25) is 0 Å². The Morgan fingerprint density at radius 3 is 2.71 bits per heavy atom. The molecule has 8 heteroatoms. The number of anilines is 1. The number of fused-ring (bicyclic) bond motifs is 1. The van der Waals surface area contributed by atoms with Crippen LogP contribution in [-0.2, 0) is 0 Å². The zero-order valence-electron chi connectivity index (χ0n) is 14.5. The second kappa shape index (κ2) is 7.62. The van der Waals surface area contributed by atoms with Crippen molar-refractivity contribution in [1.82, 2.24) is 4.98 Å². The normalized spacial score (nSPS) is 11.0. The first-order valence-corrected chi connectivity index (χ1v) is 10.6. The second-order valence-corrected chi connectivity index (χ2v) is 8.84. The van der Waals surface area contributed by atoms with Crippen LogP contribution in [0.15, 0.2) is 66.0 Å². The molecule has 0 fully saturated rings. The lowest BCUT2D eigenvalue weighted by Gasteiger charge is -2.10. The molecule has 0 radical (unpaired) electrons. The van der Waals surface area contributed by atoms with E-state index < -0.39 is 11.5 Å². The highest BCUT2D eigenvalue weighted by Crippen LogP contribution is 2.30. The molecule has 0 saturated carbocycles. The first-order valence-electron chi connectivity index (χ1n) is 8.18. The quantitative estimate of drug-likeness (QED) is 0.337. The number of thiazole rings is 1. The highest BCUT2D eigenvalue weighted by molar-refractivity contribution is 9.11. The molecule has 0 bridgehead atoms. The fourth-order valence-electron chi connectivity index (χ4n) is 2.81. The van der Waals surface area contributed by atoms with Gasteiger partial charge in [-0.2, -0.15) is 0 Å². The molecule has 4 rings (SSSR count). The smallest absolute Gasteiger partial charge is 0.349 e. The number of carbonyl (C=O) groups is 1. The summed E-state index contributed by atoms with van der Waals surface area (Å²) in [4.78, 5) is 29.7. The number of benzene rings is 2. The molecule has 0 aliphatic carbocycles. The van der Waals surface area contributed by atoms with E-state index >= 15 is 0 Å². The van der Waals surface area contributed by atoms with Crippen molar-refractivity contribution in [1.29, 1.82) is 0 Å². The Hall–Kier alpha value is -2.29. The molecule has 2 heterocycles. The van der Waals surface area contributed by atoms with Crippen molar-refractivity contribution in [3.05, 3.63) is 77.8 Å². The number of nitrogens with zero attached hydrogens (tertiary/aromatic N) is 1. The summed E-state index contributed by atoms with van der Waals surface area (Å²) < 4.78 is 6.79. The van der Waals surface area contributed by atoms with E-state index in [1.54, 1.807) is 18.2 Å². The summed E-state index contributed by atoms with van der Waals surface area (Å²) in [5.74, 6) is -0.536. The molecule has 1 N–H and O–H groups in total. The standard InChI is InChI=1S/C20H12Br2N2O3S/c1-10-23-17(9-28-10)13-4-2-3-5-16(13)24-19(25)14-7-11-6-12(21)8-15(22)18(11)27-20(14)26/h2-9H,1H3,(H,24,25). The molecule has 1 amide bonds. The summed E-state index contributed by atoms with van der Waals surface area (Å²) in [5.41, 5.74) is 1.76. The van der Waals surface area contributed by atoms with Crippen molar-refractivity contribution in [3.63, 3.8) is 0 Å². The van der Waals surface area contributed by atoms with E-state index in [1.807, 2.05) is 30.5 Å². The molecule has 0 unspecified atom stereocenters. The molecule has 2 aromatic heterocycles. The average molecular weight is 520 g/mol. The molecule has 140 valence electrons. The number of aryl methyl sites for hydroxylation is 1. The minimum absolute atomic E-state index is 0.0678.